The first-order valence-electron chi connectivity index (χ1n) is 14.2. The maximum Gasteiger partial charge on any atom is 0.228 e. The molecule has 0 aliphatic carbocycles. The van der Waals surface area contributed by atoms with Gasteiger partial charge in [0.1, 0.15) is 12.2 Å². The molecule has 0 amide bonds. The predicted molar refractivity (Wildman–Crippen MR) is 157 cm³/mol. The van der Waals surface area contributed by atoms with Crippen LogP contribution in [-0.2, 0) is 6.42 Å². The van der Waals surface area contributed by atoms with Crippen LogP contribution in [0.5, 0.6) is 0 Å². The highest BCUT2D eigenvalue weighted by Gasteiger charge is 2.22. The number of anilines is 3. The summed E-state index contributed by atoms with van der Waals surface area (Å²) in [5.74, 6) is 2.51. The maximum absolute atomic E-state index is 9.98. The Morgan fingerprint density at radius 1 is 0.775 bits per heavy atom. The zero-order chi connectivity index (χ0) is 27.3. The molecule has 2 aliphatic rings. The summed E-state index contributed by atoms with van der Waals surface area (Å²) in [7, 11) is 0. The van der Waals surface area contributed by atoms with E-state index in [9.17, 15) is 5.11 Å². The third kappa shape index (κ3) is 6.04. The molecule has 40 heavy (non-hydrogen) atoms. The van der Waals surface area contributed by atoms with Crippen molar-refractivity contribution in [1.29, 1.82) is 0 Å². The van der Waals surface area contributed by atoms with Gasteiger partial charge in [-0.15, -0.1) is 0 Å². The largest absolute Gasteiger partial charge is 0.391 e. The number of piperidine rings is 1. The van der Waals surface area contributed by atoms with Gasteiger partial charge in [-0.2, -0.15) is 4.98 Å². The minimum Gasteiger partial charge on any atom is -0.391 e. The fourth-order valence-electron chi connectivity index (χ4n) is 5.51. The molecule has 2 atom stereocenters. The van der Waals surface area contributed by atoms with Gasteiger partial charge >= 0.3 is 0 Å². The van der Waals surface area contributed by atoms with Gasteiger partial charge in [-0.1, -0.05) is 49.4 Å². The molecular weight excluding hydrogens is 500 g/mol. The van der Waals surface area contributed by atoms with Crippen LogP contribution in [0.25, 0.3) is 0 Å². The van der Waals surface area contributed by atoms with Gasteiger partial charge in [-0.3, -0.25) is 0 Å². The third-order valence-electron chi connectivity index (χ3n) is 7.97. The molecule has 6 rings (SSSR count). The number of hydrogen-bond donors (Lipinski definition) is 1. The Morgan fingerprint density at radius 3 is 2.17 bits per heavy atom. The van der Waals surface area contributed by atoms with Gasteiger partial charge in [-0.05, 0) is 41.7 Å². The molecule has 9 heteroatoms. The lowest BCUT2D eigenvalue weighted by molar-refractivity contribution is 0.154. The lowest BCUT2D eigenvalue weighted by Crippen LogP contribution is -2.47. The van der Waals surface area contributed by atoms with Crippen molar-refractivity contribution in [3.63, 3.8) is 0 Å². The summed E-state index contributed by atoms with van der Waals surface area (Å²) >= 11 is 0. The number of nitrogens with zero attached hydrogens (tertiary/aromatic N) is 8. The SMILES string of the molecule is C[C@@H](c1ccccc1)c1cnc(N2CCN(c3ncnc(Cc4ccc(N5CCC[C@@H](O)C5)cc4)n3)CC2)nc1. The summed E-state index contributed by atoms with van der Waals surface area (Å²) in [6.07, 6.45) is 7.85. The van der Waals surface area contributed by atoms with Crippen LogP contribution in [0.15, 0.2) is 73.3 Å². The number of piperazine rings is 1. The summed E-state index contributed by atoms with van der Waals surface area (Å²) in [5, 5.41) is 9.98. The first-order valence-corrected chi connectivity index (χ1v) is 14.2. The van der Waals surface area contributed by atoms with Gasteiger partial charge in [0, 0.05) is 69.7 Å². The van der Waals surface area contributed by atoms with Crippen molar-refractivity contribution in [2.75, 3.05) is 54.0 Å². The molecule has 2 aromatic heterocycles. The topological polar surface area (TPSA) is 94.4 Å². The molecule has 0 saturated carbocycles. The molecule has 206 valence electrons. The van der Waals surface area contributed by atoms with Crippen LogP contribution in [0.2, 0.25) is 0 Å². The van der Waals surface area contributed by atoms with E-state index in [1.807, 2.05) is 18.5 Å². The average Bonchev–Trinajstić information content (AvgIpc) is 3.02. The van der Waals surface area contributed by atoms with Crippen molar-refractivity contribution in [2.24, 2.45) is 0 Å². The van der Waals surface area contributed by atoms with E-state index in [1.165, 1.54) is 5.56 Å². The third-order valence-corrected chi connectivity index (χ3v) is 7.97. The van der Waals surface area contributed by atoms with Crippen molar-refractivity contribution >= 4 is 17.6 Å². The monoisotopic (exact) mass is 536 g/mol. The van der Waals surface area contributed by atoms with Gasteiger partial charge < -0.3 is 19.8 Å². The van der Waals surface area contributed by atoms with E-state index >= 15 is 0 Å². The van der Waals surface area contributed by atoms with Gasteiger partial charge in [0.15, 0.2) is 0 Å². The zero-order valence-corrected chi connectivity index (χ0v) is 23.0. The molecule has 2 aromatic carbocycles. The number of rotatable bonds is 7. The fraction of sp³-hybridized carbons (Fsp3) is 0.387. The van der Waals surface area contributed by atoms with Crippen molar-refractivity contribution < 1.29 is 5.11 Å². The highest BCUT2D eigenvalue weighted by Crippen LogP contribution is 2.24. The van der Waals surface area contributed by atoms with Crippen LogP contribution in [0.4, 0.5) is 17.6 Å². The van der Waals surface area contributed by atoms with Gasteiger partial charge in [0.25, 0.3) is 0 Å². The molecule has 2 fully saturated rings. The standard InChI is InChI=1S/C31H36N8O/c1-23(25-6-3-2-4-7-25)26-19-32-30(33-20-26)37-14-16-38(17-15-37)31-35-22-34-29(36-31)18-24-9-11-27(12-10-24)39-13-5-8-28(40)21-39/h2-4,6-7,9-12,19-20,22-23,28,40H,5,8,13-18,21H2,1H3/t23-,28+/m0/s1. The fourth-order valence-corrected chi connectivity index (χ4v) is 5.51. The number of hydrogen-bond acceptors (Lipinski definition) is 9. The number of benzene rings is 2. The van der Waals surface area contributed by atoms with Crippen LogP contribution in [-0.4, -0.2) is 75.4 Å². The van der Waals surface area contributed by atoms with Crippen molar-refractivity contribution in [2.45, 2.75) is 38.2 Å². The van der Waals surface area contributed by atoms with E-state index < -0.39 is 0 Å². The highest BCUT2D eigenvalue weighted by molar-refractivity contribution is 5.48. The van der Waals surface area contributed by atoms with Gasteiger partial charge in [0.2, 0.25) is 11.9 Å². The smallest absolute Gasteiger partial charge is 0.228 e. The summed E-state index contributed by atoms with van der Waals surface area (Å²) in [6, 6.07) is 19.0. The number of aliphatic hydroxyl groups excluding tert-OH is 1. The Hall–Kier alpha value is -4.11. The molecule has 0 radical (unpaired) electrons. The predicted octanol–water partition coefficient (Wildman–Crippen LogP) is 3.69. The second-order valence-electron chi connectivity index (χ2n) is 10.7. The van der Waals surface area contributed by atoms with Crippen LogP contribution in [0.3, 0.4) is 0 Å². The minimum absolute atomic E-state index is 0.235. The molecule has 9 nitrogen and oxygen atoms in total. The Balaban J connectivity index is 1.04. The second kappa shape index (κ2) is 12.0. The molecule has 4 aromatic rings. The summed E-state index contributed by atoms with van der Waals surface area (Å²) in [6.45, 7) is 7.09. The number of aromatic nitrogens is 5. The molecule has 1 N–H and O–H groups in total. The van der Waals surface area contributed by atoms with E-state index in [-0.39, 0.29) is 12.0 Å². The van der Waals surface area contributed by atoms with Crippen molar-refractivity contribution in [3.05, 3.63) is 95.8 Å². The van der Waals surface area contributed by atoms with Crippen LogP contribution < -0.4 is 14.7 Å². The quantitative estimate of drug-likeness (QED) is 0.379. The molecule has 2 aliphatic heterocycles. The minimum atomic E-state index is -0.235. The van der Waals surface area contributed by atoms with Crippen LogP contribution in [0, 0.1) is 0 Å². The lowest BCUT2D eigenvalue weighted by atomic mass is 9.96. The van der Waals surface area contributed by atoms with Gasteiger partial charge in [-0.25, -0.2) is 19.9 Å². The Morgan fingerprint density at radius 2 is 1.48 bits per heavy atom. The van der Waals surface area contributed by atoms with E-state index in [2.05, 4.69) is 90.1 Å². The summed E-state index contributed by atoms with van der Waals surface area (Å²) in [4.78, 5) is 29.7. The first-order chi connectivity index (χ1) is 19.6. The molecule has 0 bridgehead atoms. The average molecular weight is 537 g/mol. The van der Waals surface area contributed by atoms with Crippen LogP contribution >= 0.6 is 0 Å². The molecule has 0 unspecified atom stereocenters. The summed E-state index contributed by atoms with van der Waals surface area (Å²) in [5.41, 5.74) is 4.69. The Kier molecular flexibility index (Phi) is 7.81. The molecule has 4 heterocycles. The molecular formula is C31H36N8O. The molecule has 2 saturated heterocycles. The van der Waals surface area contributed by atoms with Crippen molar-refractivity contribution in [1.82, 2.24) is 24.9 Å². The van der Waals surface area contributed by atoms with E-state index in [4.69, 9.17) is 4.98 Å². The second-order valence-corrected chi connectivity index (χ2v) is 10.7. The van der Waals surface area contributed by atoms with Gasteiger partial charge in [0.05, 0.1) is 6.10 Å². The molecule has 0 spiro atoms. The Bertz CT molecular complexity index is 1370. The first kappa shape index (κ1) is 26.1. The van der Waals surface area contributed by atoms with E-state index in [0.717, 1.165) is 80.1 Å². The van der Waals surface area contributed by atoms with E-state index in [1.54, 1.807) is 6.33 Å². The number of aliphatic hydroxyl groups is 1. The highest BCUT2D eigenvalue weighted by atomic mass is 16.3. The Labute approximate surface area is 235 Å². The van der Waals surface area contributed by atoms with Crippen LogP contribution in [0.1, 0.15) is 48.2 Å². The van der Waals surface area contributed by atoms with Crippen molar-refractivity contribution in [3.8, 4) is 0 Å². The summed E-state index contributed by atoms with van der Waals surface area (Å²) < 4.78 is 0. The zero-order valence-electron chi connectivity index (χ0n) is 23.0. The lowest BCUT2D eigenvalue weighted by Gasteiger charge is -2.34. The maximum atomic E-state index is 9.98. The normalized spacial score (nSPS) is 18.6. The number of β-amino-alcohol motifs (C(OH)–C–C–N with tert-alkyl or cyclic N) is 1. The van der Waals surface area contributed by atoms with E-state index in [0.29, 0.717) is 13.0 Å².